The lowest BCUT2D eigenvalue weighted by atomic mass is 9.77. The number of piperidine rings is 2. The van der Waals surface area contributed by atoms with E-state index < -0.39 is 21.6 Å². The average molecular weight is 923 g/mol. The van der Waals surface area contributed by atoms with E-state index in [1.165, 1.54) is 23.1 Å². The standard InChI is InChI=1S/C21H15BrClNO2S2.C21H16ClNO3S2/c22-15-5-3-4-13(10-15)21(14-8-9-27-12-14)11-17(25)19(20(26)24-21)28-18-7-2-1-6-16(18)23;22-16-6-1-2-7-18(16)28-19-17(25)11-21(23-20(19)26,14-8-9-27-12-14)13-4-3-5-15(24)10-13/h1-10,12,19H,11H2,(H,24,26);1-10,12,19,24H,11H2,(H,23,26). The molecule has 0 spiro atoms. The molecule has 2 aliphatic rings. The van der Waals surface area contributed by atoms with E-state index >= 15 is 0 Å². The molecule has 6 aromatic rings. The van der Waals surface area contributed by atoms with Crippen LogP contribution in [0.25, 0.3) is 0 Å². The molecule has 0 saturated carbocycles. The lowest BCUT2D eigenvalue weighted by Gasteiger charge is -2.40. The number of phenols is 1. The Morgan fingerprint density at radius 3 is 1.48 bits per heavy atom. The molecule has 2 amide bonds. The number of hydrogen-bond donors (Lipinski definition) is 3. The van der Waals surface area contributed by atoms with Gasteiger partial charge in [-0.3, -0.25) is 19.2 Å². The molecule has 284 valence electrons. The first-order valence-electron chi connectivity index (χ1n) is 17.1. The maximum atomic E-state index is 13.2. The summed E-state index contributed by atoms with van der Waals surface area (Å²) in [5.41, 5.74) is 1.43. The topological polar surface area (TPSA) is 113 Å². The van der Waals surface area contributed by atoms with Crippen molar-refractivity contribution < 1.29 is 24.3 Å². The van der Waals surface area contributed by atoms with Crippen LogP contribution in [-0.2, 0) is 30.3 Å². The van der Waals surface area contributed by atoms with Gasteiger partial charge >= 0.3 is 0 Å². The van der Waals surface area contributed by atoms with Gasteiger partial charge in [0.2, 0.25) is 11.8 Å². The van der Waals surface area contributed by atoms with Crippen molar-refractivity contribution in [3.63, 3.8) is 0 Å². The van der Waals surface area contributed by atoms with E-state index in [0.29, 0.717) is 20.5 Å². The van der Waals surface area contributed by atoms with Crippen LogP contribution in [0, 0.1) is 0 Å². The van der Waals surface area contributed by atoms with E-state index in [1.807, 2.05) is 88.3 Å². The van der Waals surface area contributed by atoms with Gasteiger partial charge in [-0.2, -0.15) is 22.7 Å². The number of phenolic OH excluding ortho intramolecular Hbond substituents is 1. The van der Waals surface area contributed by atoms with Crippen LogP contribution in [0.5, 0.6) is 5.75 Å². The Morgan fingerprint density at radius 2 is 1.07 bits per heavy atom. The summed E-state index contributed by atoms with van der Waals surface area (Å²) in [6.45, 7) is 0. The first kappa shape index (κ1) is 40.3. The van der Waals surface area contributed by atoms with Gasteiger partial charge in [0.05, 0.1) is 21.1 Å². The first-order chi connectivity index (χ1) is 27.0. The molecule has 56 heavy (non-hydrogen) atoms. The fourth-order valence-corrected chi connectivity index (χ4v) is 11.1. The van der Waals surface area contributed by atoms with Gasteiger partial charge in [-0.25, -0.2) is 0 Å². The maximum absolute atomic E-state index is 13.2. The number of thioether (sulfide) groups is 2. The van der Waals surface area contributed by atoms with E-state index in [4.69, 9.17) is 23.2 Å². The van der Waals surface area contributed by atoms with E-state index in [9.17, 15) is 24.3 Å². The summed E-state index contributed by atoms with van der Waals surface area (Å²) in [5.74, 6) is -0.868. The molecule has 4 unspecified atom stereocenters. The smallest absolute Gasteiger partial charge is 0.242 e. The third kappa shape index (κ3) is 8.38. The third-order valence-electron chi connectivity index (χ3n) is 9.46. The van der Waals surface area contributed by atoms with Gasteiger partial charge in [-0.1, -0.05) is 87.7 Å². The number of carbonyl (C=O) groups is 4. The van der Waals surface area contributed by atoms with Crippen molar-refractivity contribution >= 4 is 109 Å². The van der Waals surface area contributed by atoms with E-state index in [2.05, 4.69) is 26.6 Å². The molecule has 2 aliphatic heterocycles. The van der Waals surface area contributed by atoms with E-state index in [0.717, 1.165) is 37.8 Å². The molecular weight excluding hydrogens is 892 g/mol. The highest BCUT2D eigenvalue weighted by molar-refractivity contribution is 9.10. The van der Waals surface area contributed by atoms with E-state index in [-0.39, 0.29) is 42.0 Å². The number of hydrogen-bond acceptors (Lipinski definition) is 9. The lowest BCUT2D eigenvalue weighted by molar-refractivity contribution is -0.134. The molecule has 2 saturated heterocycles. The second-order valence-electron chi connectivity index (χ2n) is 13.0. The summed E-state index contributed by atoms with van der Waals surface area (Å²) >= 11 is 21.3. The van der Waals surface area contributed by atoms with Crippen molar-refractivity contribution in [1.29, 1.82) is 0 Å². The number of aromatic hydroxyl groups is 1. The van der Waals surface area contributed by atoms with Crippen LogP contribution in [0.4, 0.5) is 0 Å². The Hall–Kier alpha value is -3.88. The zero-order chi connectivity index (χ0) is 39.5. The predicted octanol–water partition coefficient (Wildman–Crippen LogP) is 10.3. The summed E-state index contributed by atoms with van der Waals surface area (Å²) in [7, 11) is 0. The number of amides is 2. The molecule has 3 N–H and O–H groups in total. The second-order valence-corrected chi connectivity index (χ2v) is 18.6. The number of thiophene rings is 2. The van der Waals surface area contributed by atoms with Gasteiger partial charge in [-0.05, 0) is 104 Å². The molecule has 2 aromatic heterocycles. The first-order valence-corrected chi connectivity index (χ1v) is 22.3. The van der Waals surface area contributed by atoms with Crippen molar-refractivity contribution in [2.75, 3.05) is 0 Å². The summed E-state index contributed by atoms with van der Waals surface area (Å²) in [6, 6.07) is 32.7. The van der Waals surface area contributed by atoms with Crippen LogP contribution in [0.1, 0.15) is 35.1 Å². The summed E-state index contributed by atoms with van der Waals surface area (Å²) in [5, 5.41) is 23.3. The third-order valence-corrected chi connectivity index (χ3v) is 14.8. The van der Waals surface area contributed by atoms with Crippen LogP contribution in [0.15, 0.2) is 145 Å². The Balaban J connectivity index is 0.000000172. The van der Waals surface area contributed by atoms with Gasteiger partial charge in [0.15, 0.2) is 11.6 Å². The molecule has 4 aromatic carbocycles. The van der Waals surface area contributed by atoms with Crippen LogP contribution < -0.4 is 10.6 Å². The zero-order valence-corrected chi connectivity index (χ0v) is 35.5. The molecule has 4 atom stereocenters. The molecular formula is C42H31BrCl2N2O5S4. The van der Waals surface area contributed by atoms with Crippen LogP contribution >= 0.6 is 85.3 Å². The van der Waals surface area contributed by atoms with E-state index in [1.54, 1.807) is 53.8 Å². The van der Waals surface area contributed by atoms with Gasteiger partial charge in [0, 0.05) is 27.1 Å². The number of benzene rings is 4. The maximum Gasteiger partial charge on any atom is 0.242 e. The number of ketones is 2. The molecule has 0 bridgehead atoms. The minimum absolute atomic E-state index is 0.0846. The molecule has 0 radical (unpaired) electrons. The summed E-state index contributed by atoms with van der Waals surface area (Å²) in [4.78, 5) is 53.8. The Kier molecular flexibility index (Phi) is 12.5. The number of rotatable bonds is 8. The fourth-order valence-electron chi connectivity index (χ4n) is 6.78. The van der Waals surface area contributed by atoms with Crippen molar-refractivity contribution in [2.45, 2.75) is 44.2 Å². The Labute approximate surface area is 358 Å². The number of Topliss-reactive ketones (excluding diaryl/α,β-unsaturated/α-hetero) is 2. The SMILES string of the molecule is O=C1CC(c2ccsc2)(c2cccc(Br)c2)NC(=O)C1Sc1ccccc1Cl.O=C1CC(c2ccsc2)(c2cccc(O)c2)NC(=O)C1Sc1ccccc1Cl. The highest BCUT2D eigenvalue weighted by Crippen LogP contribution is 2.44. The van der Waals surface area contributed by atoms with Crippen molar-refractivity contribution in [2.24, 2.45) is 0 Å². The quantitative estimate of drug-likeness (QED) is 0.130. The molecule has 14 heteroatoms. The van der Waals surface area contributed by atoms with Gasteiger partial charge in [-0.15, -0.1) is 23.5 Å². The molecule has 7 nitrogen and oxygen atoms in total. The molecule has 8 rings (SSSR count). The van der Waals surface area contributed by atoms with Crippen LogP contribution in [0.2, 0.25) is 10.0 Å². The number of carbonyl (C=O) groups excluding carboxylic acids is 4. The summed E-state index contributed by atoms with van der Waals surface area (Å²) in [6.07, 6.45) is 0.287. The van der Waals surface area contributed by atoms with Crippen LogP contribution in [-0.4, -0.2) is 39.0 Å². The highest BCUT2D eigenvalue weighted by Gasteiger charge is 2.49. The van der Waals surface area contributed by atoms with Gasteiger partial charge < -0.3 is 15.7 Å². The van der Waals surface area contributed by atoms with Crippen molar-refractivity contribution in [1.82, 2.24) is 10.6 Å². The monoisotopic (exact) mass is 920 g/mol. The molecule has 2 fully saturated rings. The van der Waals surface area contributed by atoms with Gasteiger partial charge in [0.25, 0.3) is 0 Å². The number of halogens is 3. The van der Waals surface area contributed by atoms with Crippen molar-refractivity contribution in [3.8, 4) is 5.75 Å². The average Bonchev–Trinajstić information content (AvgIpc) is 3.93. The minimum atomic E-state index is -0.996. The molecule has 4 heterocycles. The fraction of sp³-hybridized carbons (Fsp3) is 0.143. The number of nitrogens with one attached hydrogen (secondary N) is 2. The zero-order valence-electron chi connectivity index (χ0n) is 29.1. The van der Waals surface area contributed by atoms with Crippen molar-refractivity contribution in [3.05, 3.63) is 167 Å². The van der Waals surface area contributed by atoms with Gasteiger partial charge in [0.1, 0.15) is 16.2 Å². The molecule has 0 aliphatic carbocycles. The Bertz CT molecular complexity index is 2210. The minimum Gasteiger partial charge on any atom is -0.508 e. The summed E-state index contributed by atoms with van der Waals surface area (Å²) < 4.78 is 0.897. The second kappa shape index (κ2) is 17.3. The Morgan fingerprint density at radius 1 is 0.607 bits per heavy atom. The lowest BCUT2D eigenvalue weighted by Crippen LogP contribution is -2.57. The normalized spacial score (nSPS) is 22.1. The highest BCUT2D eigenvalue weighted by atomic mass is 79.9. The largest absolute Gasteiger partial charge is 0.508 e. The predicted molar refractivity (Wildman–Crippen MR) is 230 cm³/mol. The van der Waals surface area contributed by atoms with Crippen LogP contribution in [0.3, 0.4) is 0 Å².